The van der Waals surface area contributed by atoms with Gasteiger partial charge in [0.2, 0.25) is 0 Å². The molecule has 0 radical (unpaired) electrons. The number of hydrogen-bond donors (Lipinski definition) is 0. The Morgan fingerprint density at radius 1 is 1.11 bits per heavy atom. The van der Waals surface area contributed by atoms with E-state index in [9.17, 15) is 4.79 Å². The van der Waals surface area contributed by atoms with Gasteiger partial charge in [0.25, 0.3) is 0 Å². The average molecular weight is 258 g/mol. The molecule has 0 atom stereocenters. The molecule has 19 heavy (non-hydrogen) atoms. The third-order valence-corrected chi connectivity index (χ3v) is 4.83. The predicted octanol–water partition coefficient (Wildman–Crippen LogP) is 4.63. The van der Waals surface area contributed by atoms with Crippen LogP contribution in [0.25, 0.3) is 0 Å². The molecular weight excluding hydrogens is 232 g/mol. The maximum Gasteiger partial charge on any atom is 0.140 e. The summed E-state index contributed by atoms with van der Waals surface area (Å²) in [5, 5.41) is 0. The first kappa shape index (κ1) is 14.3. The summed E-state index contributed by atoms with van der Waals surface area (Å²) in [6, 6.07) is 6.41. The zero-order valence-electron chi connectivity index (χ0n) is 12.5. The van der Waals surface area contributed by atoms with Crippen molar-refractivity contribution in [3.63, 3.8) is 0 Å². The van der Waals surface area contributed by atoms with Crippen LogP contribution >= 0.6 is 0 Å². The number of Topliss-reactive ketones (excluding diaryl/α,β-unsaturated/α-hetero) is 1. The van der Waals surface area contributed by atoms with Crippen LogP contribution in [0.15, 0.2) is 18.2 Å². The van der Waals surface area contributed by atoms with Gasteiger partial charge in [0.05, 0.1) is 0 Å². The molecular formula is C18H26O. The Hall–Kier alpha value is -1.11. The van der Waals surface area contributed by atoms with E-state index in [0.717, 1.165) is 18.8 Å². The van der Waals surface area contributed by atoms with Crippen molar-refractivity contribution in [1.29, 1.82) is 0 Å². The van der Waals surface area contributed by atoms with Gasteiger partial charge in [-0.3, -0.25) is 4.79 Å². The molecule has 1 heteroatoms. The van der Waals surface area contributed by atoms with Crippen LogP contribution in [0.3, 0.4) is 0 Å². The first-order valence-electron chi connectivity index (χ1n) is 7.69. The second-order valence-electron chi connectivity index (χ2n) is 6.19. The lowest BCUT2D eigenvalue weighted by molar-refractivity contribution is -0.123. The van der Waals surface area contributed by atoms with Gasteiger partial charge >= 0.3 is 0 Å². The standard InChI is InChI=1S/C18H26O/c1-4-15-7-9-17(10-8-15)18(19)12-16-6-5-13(2)14(3)11-16/h5-6,11,15,17H,4,7-10,12H2,1-3H3. The van der Waals surface area contributed by atoms with Crippen LogP contribution < -0.4 is 0 Å². The summed E-state index contributed by atoms with van der Waals surface area (Å²) in [6.07, 6.45) is 6.63. The van der Waals surface area contributed by atoms with Gasteiger partial charge in [-0.25, -0.2) is 0 Å². The average Bonchev–Trinajstić information content (AvgIpc) is 2.43. The highest BCUT2D eigenvalue weighted by molar-refractivity contribution is 5.83. The van der Waals surface area contributed by atoms with E-state index in [1.54, 1.807) is 0 Å². The Labute approximate surface area is 117 Å². The number of carbonyl (C=O) groups is 1. The van der Waals surface area contributed by atoms with E-state index in [2.05, 4.69) is 39.0 Å². The fourth-order valence-corrected chi connectivity index (χ4v) is 3.15. The molecule has 0 amide bonds. The van der Waals surface area contributed by atoms with E-state index < -0.39 is 0 Å². The van der Waals surface area contributed by atoms with Gasteiger partial charge in [0.1, 0.15) is 5.78 Å². The summed E-state index contributed by atoms with van der Waals surface area (Å²) < 4.78 is 0. The second-order valence-corrected chi connectivity index (χ2v) is 6.19. The van der Waals surface area contributed by atoms with Gasteiger partial charge in [-0.2, -0.15) is 0 Å². The Morgan fingerprint density at radius 3 is 2.37 bits per heavy atom. The van der Waals surface area contributed by atoms with Gasteiger partial charge in [-0.05, 0) is 62.1 Å². The van der Waals surface area contributed by atoms with Crippen LogP contribution in [0.5, 0.6) is 0 Å². The lowest BCUT2D eigenvalue weighted by atomic mass is 9.78. The first-order valence-corrected chi connectivity index (χ1v) is 7.69. The second kappa shape index (κ2) is 6.36. The van der Waals surface area contributed by atoms with E-state index >= 15 is 0 Å². The zero-order chi connectivity index (χ0) is 13.8. The van der Waals surface area contributed by atoms with Crippen molar-refractivity contribution < 1.29 is 4.79 Å². The van der Waals surface area contributed by atoms with E-state index in [-0.39, 0.29) is 0 Å². The Balaban J connectivity index is 1.92. The Bertz CT molecular complexity index is 439. The molecule has 0 heterocycles. The van der Waals surface area contributed by atoms with Gasteiger partial charge in [0.15, 0.2) is 0 Å². The molecule has 1 aliphatic carbocycles. The Kier molecular flexibility index (Phi) is 4.79. The minimum absolute atomic E-state index is 0.324. The number of aryl methyl sites for hydroxylation is 2. The SMILES string of the molecule is CCC1CCC(C(=O)Cc2ccc(C)c(C)c2)CC1. The quantitative estimate of drug-likeness (QED) is 0.769. The van der Waals surface area contributed by atoms with Crippen LogP contribution in [0.1, 0.15) is 55.7 Å². The number of benzene rings is 1. The van der Waals surface area contributed by atoms with Crippen molar-refractivity contribution in [1.82, 2.24) is 0 Å². The predicted molar refractivity (Wildman–Crippen MR) is 80.4 cm³/mol. The number of carbonyl (C=O) groups excluding carboxylic acids is 1. The van der Waals surface area contributed by atoms with Crippen LogP contribution in [0.2, 0.25) is 0 Å². The molecule has 104 valence electrons. The highest BCUT2D eigenvalue weighted by Gasteiger charge is 2.25. The number of hydrogen-bond acceptors (Lipinski definition) is 1. The first-order chi connectivity index (χ1) is 9.10. The monoisotopic (exact) mass is 258 g/mol. The van der Waals surface area contributed by atoms with Crippen LogP contribution in [-0.4, -0.2) is 5.78 Å². The van der Waals surface area contributed by atoms with Crippen molar-refractivity contribution in [2.24, 2.45) is 11.8 Å². The smallest absolute Gasteiger partial charge is 0.140 e. The molecule has 0 aliphatic heterocycles. The molecule has 1 aromatic carbocycles. The molecule has 1 aromatic rings. The summed E-state index contributed by atoms with van der Waals surface area (Å²) in [7, 11) is 0. The number of ketones is 1. The van der Waals surface area contributed by atoms with Crippen molar-refractivity contribution in [3.05, 3.63) is 34.9 Å². The van der Waals surface area contributed by atoms with Gasteiger partial charge in [-0.15, -0.1) is 0 Å². The summed E-state index contributed by atoms with van der Waals surface area (Å²) in [5.41, 5.74) is 3.78. The van der Waals surface area contributed by atoms with Gasteiger partial charge in [0, 0.05) is 12.3 Å². The zero-order valence-corrected chi connectivity index (χ0v) is 12.5. The molecule has 0 saturated heterocycles. The minimum Gasteiger partial charge on any atom is -0.299 e. The van der Waals surface area contributed by atoms with E-state index in [1.165, 1.54) is 36.0 Å². The molecule has 1 nitrogen and oxygen atoms in total. The number of rotatable bonds is 4. The van der Waals surface area contributed by atoms with Gasteiger partial charge in [-0.1, -0.05) is 31.5 Å². The topological polar surface area (TPSA) is 17.1 Å². The minimum atomic E-state index is 0.324. The summed E-state index contributed by atoms with van der Waals surface area (Å²) in [5.74, 6) is 1.65. The van der Waals surface area contributed by atoms with E-state index in [0.29, 0.717) is 18.1 Å². The molecule has 1 saturated carbocycles. The van der Waals surface area contributed by atoms with Crippen molar-refractivity contribution in [3.8, 4) is 0 Å². The summed E-state index contributed by atoms with van der Waals surface area (Å²) in [6.45, 7) is 6.50. The van der Waals surface area contributed by atoms with Crippen LogP contribution in [0, 0.1) is 25.7 Å². The molecule has 1 fully saturated rings. The molecule has 0 aromatic heterocycles. The molecule has 0 unspecified atom stereocenters. The maximum absolute atomic E-state index is 12.4. The Morgan fingerprint density at radius 2 is 1.79 bits per heavy atom. The van der Waals surface area contributed by atoms with Crippen LogP contribution in [0.4, 0.5) is 0 Å². The molecule has 0 spiro atoms. The normalized spacial score (nSPS) is 23.3. The van der Waals surface area contributed by atoms with E-state index in [4.69, 9.17) is 0 Å². The lowest BCUT2D eigenvalue weighted by Crippen LogP contribution is -2.23. The van der Waals surface area contributed by atoms with Gasteiger partial charge < -0.3 is 0 Å². The molecule has 2 rings (SSSR count). The highest BCUT2D eigenvalue weighted by atomic mass is 16.1. The molecule has 0 bridgehead atoms. The summed E-state index contributed by atoms with van der Waals surface area (Å²) in [4.78, 5) is 12.4. The summed E-state index contributed by atoms with van der Waals surface area (Å²) >= 11 is 0. The molecule has 0 N–H and O–H groups in total. The van der Waals surface area contributed by atoms with Crippen molar-refractivity contribution in [2.75, 3.05) is 0 Å². The van der Waals surface area contributed by atoms with E-state index in [1.807, 2.05) is 0 Å². The lowest BCUT2D eigenvalue weighted by Gasteiger charge is -2.26. The maximum atomic E-state index is 12.4. The molecule has 1 aliphatic rings. The highest BCUT2D eigenvalue weighted by Crippen LogP contribution is 2.31. The fraction of sp³-hybridized carbons (Fsp3) is 0.611. The largest absolute Gasteiger partial charge is 0.299 e. The van der Waals surface area contributed by atoms with Crippen LogP contribution in [-0.2, 0) is 11.2 Å². The van der Waals surface area contributed by atoms with Crippen molar-refractivity contribution >= 4 is 5.78 Å². The fourth-order valence-electron chi connectivity index (χ4n) is 3.15. The third-order valence-electron chi connectivity index (χ3n) is 4.83. The van der Waals surface area contributed by atoms with Crippen molar-refractivity contribution in [2.45, 2.75) is 59.3 Å². The third kappa shape index (κ3) is 3.68.